The lowest BCUT2D eigenvalue weighted by Gasteiger charge is -2.19. The van der Waals surface area contributed by atoms with Gasteiger partial charge in [-0.2, -0.15) is 5.10 Å². The van der Waals surface area contributed by atoms with Crippen LogP contribution < -0.4 is 15.8 Å². The topological polar surface area (TPSA) is 83.0 Å². The second-order valence-electron chi connectivity index (χ2n) is 8.49. The molecule has 0 aliphatic carbocycles. The van der Waals surface area contributed by atoms with Crippen LogP contribution in [-0.2, 0) is 18.3 Å². The number of carbonyl (C=O) groups excluding carboxylic acids is 1. The van der Waals surface area contributed by atoms with Gasteiger partial charge in [-0.15, -0.1) is 0 Å². The Labute approximate surface area is 184 Å². The van der Waals surface area contributed by atoms with Gasteiger partial charge < -0.3 is 15.2 Å². The van der Waals surface area contributed by atoms with Crippen molar-refractivity contribution in [2.45, 2.75) is 33.1 Å². The molecule has 32 heavy (non-hydrogen) atoms. The van der Waals surface area contributed by atoms with Crippen LogP contribution in [0.3, 0.4) is 0 Å². The number of nitrogens with one attached hydrogen (secondary N) is 2. The zero-order valence-electron chi connectivity index (χ0n) is 18.5. The van der Waals surface area contributed by atoms with Gasteiger partial charge in [-0.25, -0.2) is 8.78 Å². The van der Waals surface area contributed by atoms with Crippen molar-refractivity contribution in [2.75, 3.05) is 24.5 Å². The smallest absolute Gasteiger partial charge is 0.253 e. The second-order valence-corrected chi connectivity index (χ2v) is 8.49. The minimum atomic E-state index is -0.858. The SMILES string of the molecule is Cc1nn(C)c2[nH]c(=O)c(CCC(=O)NCC3CCN(c4ccc(F)c(F)c4)C3)c(C)c12. The van der Waals surface area contributed by atoms with E-state index in [2.05, 4.69) is 15.4 Å². The number of pyridine rings is 1. The highest BCUT2D eigenvalue weighted by atomic mass is 19.2. The van der Waals surface area contributed by atoms with Gasteiger partial charge in [0.15, 0.2) is 11.6 Å². The average molecular weight is 443 g/mol. The maximum atomic E-state index is 13.5. The fraction of sp³-hybridized carbons (Fsp3) is 0.435. The van der Waals surface area contributed by atoms with Crippen molar-refractivity contribution in [1.29, 1.82) is 0 Å². The Hall–Kier alpha value is -3.23. The van der Waals surface area contributed by atoms with Gasteiger partial charge in [0.05, 0.1) is 5.69 Å². The maximum Gasteiger partial charge on any atom is 0.253 e. The predicted molar refractivity (Wildman–Crippen MR) is 119 cm³/mol. The van der Waals surface area contributed by atoms with E-state index in [1.165, 1.54) is 6.07 Å². The van der Waals surface area contributed by atoms with Gasteiger partial charge >= 0.3 is 0 Å². The van der Waals surface area contributed by atoms with Gasteiger partial charge in [0.1, 0.15) is 5.65 Å². The van der Waals surface area contributed by atoms with Crippen molar-refractivity contribution in [2.24, 2.45) is 13.0 Å². The van der Waals surface area contributed by atoms with Crippen LogP contribution in [-0.4, -0.2) is 40.3 Å². The number of aryl methyl sites for hydroxylation is 3. The molecule has 0 bridgehead atoms. The van der Waals surface area contributed by atoms with E-state index in [1.807, 2.05) is 18.7 Å². The number of aromatic nitrogens is 3. The summed E-state index contributed by atoms with van der Waals surface area (Å²) in [4.78, 5) is 29.8. The number of hydrogen-bond acceptors (Lipinski definition) is 4. The summed E-state index contributed by atoms with van der Waals surface area (Å²) in [5, 5.41) is 8.24. The van der Waals surface area contributed by atoms with Crippen molar-refractivity contribution >= 4 is 22.6 Å². The predicted octanol–water partition coefficient (Wildman–Crippen LogP) is 2.73. The minimum Gasteiger partial charge on any atom is -0.371 e. The first-order chi connectivity index (χ1) is 15.2. The van der Waals surface area contributed by atoms with Crippen molar-refractivity contribution < 1.29 is 13.6 Å². The molecule has 7 nitrogen and oxygen atoms in total. The van der Waals surface area contributed by atoms with Crippen LogP contribution in [0.4, 0.5) is 14.5 Å². The van der Waals surface area contributed by atoms with Crippen molar-refractivity contribution in [3.8, 4) is 0 Å². The van der Waals surface area contributed by atoms with E-state index in [4.69, 9.17) is 0 Å². The number of amides is 1. The molecule has 1 aliphatic heterocycles. The molecule has 3 heterocycles. The third-order valence-corrected chi connectivity index (χ3v) is 6.30. The second kappa shape index (κ2) is 8.72. The molecular formula is C23H27F2N5O2. The van der Waals surface area contributed by atoms with E-state index >= 15 is 0 Å². The summed E-state index contributed by atoms with van der Waals surface area (Å²) < 4.78 is 28.3. The molecular weight excluding hydrogens is 416 g/mol. The fourth-order valence-corrected chi connectivity index (χ4v) is 4.56. The van der Waals surface area contributed by atoms with Crippen LogP contribution in [0.2, 0.25) is 0 Å². The van der Waals surface area contributed by atoms with Gasteiger partial charge in [-0.1, -0.05) is 0 Å². The van der Waals surface area contributed by atoms with Gasteiger partial charge in [-0.05, 0) is 50.3 Å². The summed E-state index contributed by atoms with van der Waals surface area (Å²) in [5.74, 6) is -1.60. The maximum absolute atomic E-state index is 13.5. The molecule has 1 amide bonds. The third-order valence-electron chi connectivity index (χ3n) is 6.30. The van der Waals surface area contributed by atoms with Gasteiger partial charge in [-0.3, -0.25) is 14.3 Å². The Morgan fingerprint density at radius 1 is 1.28 bits per heavy atom. The first-order valence-electron chi connectivity index (χ1n) is 10.8. The zero-order valence-corrected chi connectivity index (χ0v) is 18.5. The summed E-state index contributed by atoms with van der Waals surface area (Å²) >= 11 is 0. The largest absolute Gasteiger partial charge is 0.371 e. The molecule has 2 N–H and O–H groups in total. The molecule has 9 heteroatoms. The van der Waals surface area contributed by atoms with E-state index in [0.717, 1.165) is 35.7 Å². The lowest BCUT2D eigenvalue weighted by molar-refractivity contribution is -0.121. The minimum absolute atomic E-state index is 0.113. The van der Waals surface area contributed by atoms with Gasteiger partial charge in [0.2, 0.25) is 5.91 Å². The average Bonchev–Trinajstić information content (AvgIpc) is 3.32. The lowest BCUT2D eigenvalue weighted by Crippen LogP contribution is -2.31. The van der Waals surface area contributed by atoms with Crippen LogP contribution >= 0.6 is 0 Å². The number of benzene rings is 1. The molecule has 170 valence electrons. The molecule has 2 aromatic heterocycles. The standard InChI is InChI=1S/C23H27F2N5O2/c1-13-17(23(32)27-22-21(13)14(2)28-29(22)3)5-7-20(31)26-11-15-8-9-30(12-15)16-4-6-18(24)19(25)10-16/h4,6,10,15H,5,7-9,11-12H2,1-3H3,(H,26,31)(H,27,32). The molecule has 3 aromatic rings. The number of H-pyrrole nitrogens is 1. The van der Waals surface area contributed by atoms with E-state index in [0.29, 0.717) is 36.4 Å². The highest BCUT2D eigenvalue weighted by Crippen LogP contribution is 2.25. The molecule has 1 aromatic carbocycles. The van der Waals surface area contributed by atoms with Crippen LogP contribution in [0.15, 0.2) is 23.0 Å². The molecule has 1 saturated heterocycles. The Kier molecular flexibility index (Phi) is 5.99. The Morgan fingerprint density at radius 2 is 2.06 bits per heavy atom. The van der Waals surface area contributed by atoms with Crippen molar-refractivity contribution in [3.05, 3.63) is 57.0 Å². The first kappa shape index (κ1) is 22.0. The van der Waals surface area contributed by atoms with Gasteiger partial charge in [0, 0.05) is 55.8 Å². The van der Waals surface area contributed by atoms with Crippen LogP contribution in [0.25, 0.3) is 11.0 Å². The molecule has 1 atom stereocenters. The van der Waals surface area contributed by atoms with E-state index in [9.17, 15) is 18.4 Å². The Balaban J connectivity index is 1.32. The summed E-state index contributed by atoms with van der Waals surface area (Å²) in [5.41, 5.74) is 3.45. The highest BCUT2D eigenvalue weighted by Gasteiger charge is 2.24. The summed E-state index contributed by atoms with van der Waals surface area (Å²) in [6.45, 7) is 5.70. The number of rotatable bonds is 6. The Morgan fingerprint density at radius 3 is 2.81 bits per heavy atom. The molecule has 1 unspecified atom stereocenters. The summed E-state index contributed by atoms with van der Waals surface area (Å²) in [6.07, 6.45) is 1.42. The monoisotopic (exact) mass is 443 g/mol. The first-order valence-corrected chi connectivity index (χ1v) is 10.8. The summed E-state index contributed by atoms with van der Waals surface area (Å²) in [7, 11) is 1.79. The van der Waals surface area contributed by atoms with Crippen LogP contribution in [0, 0.1) is 31.4 Å². The molecule has 1 aliphatic rings. The number of carbonyl (C=O) groups is 1. The van der Waals surface area contributed by atoms with Crippen molar-refractivity contribution in [1.82, 2.24) is 20.1 Å². The number of fused-ring (bicyclic) bond motifs is 1. The third kappa shape index (κ3) is 4.24. The quantitative estimate of drug-likeness (QED) is 0.614. The number of anilines is 1. The Bertz CT molecular complexity index is 1230. The number of halogens is 2. The lowest BCUT2D eigenvalue weighted by atomic mass is 10.0. The highest BCUT2D eigenvalue weighted by molar-refractivity contribution is 5.83. The zero-order chi connectivity index (χ0) is 23.0. The molecule has 0 saturated carbocycles. The van der Waals surface area contributed by atoms with Crippen LogP contribution in [0.5, 0.6) is 0 Å². The fourth-order valence-electron chi connectivity index (χ4n) is 4.56. The van der Waals surface area contributed by atoms with E-state index in [-0.39, 0.29) is 23.8 Å². The van der Waals surface area contributed by atoms with Crippen molar-refractivity contribution in [3.63, 3.8) is 0 Å². The van der Waals surface area contributed by atoms with Crippen LogP contribution in [0.1, 0.15) is 29.7 Å². The number of hydrogen-bond donors (Lipinski definition) is 2. The number of nitrogens with zero attached hydrogens (tertiary/aromatic N) is 3. The molecule has 1 fully saturated rings. The van der Waals surface area contributed by atoms with Gasteiger partial charge in [0.25, 0.3) is 5.56 Å². The molecule has 4 rings (SSSR count). The van der Waals surface area contributed by atoms with E-state index in [1.54, 1.807) is 17.8 Å². The summed E-state index contributed by atoms with van der Waals surface area (Å²) in [6, 6.07) is 3.91. The normalized spacial score (nSPS) is 16.2. The molecule has 0 radical (unpaired) electrons. The number of aromatic amines is 1. The van der Waals surface area contributed by atoms with E-state index < -0.39 is 11.6 Å². The molecule has 0 spiro atoms.